The van der Waals surface area contributed by atoms with Gasteiger partial charge in [0.1, 0.15) is 5.75 Å². The van der Waals surface area contributed by atoms with Crippen molar-refractivity contribution in [3.8, 4) is 5.75 Å². The normalized spacial score (nSPS) is 12.3. The van der Waals surface area contributed by atoms with Crippen molar-refractivity contribution in [1.29, 1.82) is 0 Å². The summed E-state index contributed by atoms with van der Waals surface area (Å²) in [5.74, 6) is 0.763. The Morgan fingerprint density at radius 3 is 2.06 bits per heavy atom. The van der Waals surface area contributed by atoms with Crippen LogP contribution in [0.2, 0.25) is 0 Å². The number of phenols is 1. The lowest BCUT2D eigenvalue weighted by atomic mass is 9.88. The number of hydrogen-bond acceptors (Lipinski definition) is 1. The monoisotopic (exact) mass is 226 g/mol. The molecule has 1 nitrogen and oxygen atoms in total. The number of phenolic OH excluding ortho intramolecular Hbond substituents is 1. The van der Waals surface area contributed by atoms with Crippen LogP contribution in [0.4, 0.5) is 0 Å². The van der Waals surface area contributed by atoms with Crippen molar-refractivity contribution in [2.45, 2.75) is 25.7 Å². The fraction of sp³-hybridized carbons (Fsp3) is 0.250. The maximum atomic E-state index is 9.34. The molecule has 2 rings (SSSR count). The van der Waals surface area contributed by atoms with Gasteiger partial charge in [0.25, 0.3) is 0 Å². The third kappa shape index (κ3) is 2.88. The van der Waals surface area contributed by atoms with Crippen LogP contribution in [0, 0.1) is 0 Å². The molecule has 1 N–H and O–H groups in total. The van der Waals surface area contributed by atoms with E-state index < -0.39 is 0 Å². The van der Waals surface area contributed by atoms with Crippen molar-refractivity contribution in [1.82, 2.24) is 0 Å². The van der Waals surface area contributed by atoms with Crippen LogP contribution in [0.5, 0.6) is 5.75 Å². The molecule has 0 bridgehead atoms. The van der Waals surface area contributed by atoms with Crippen molar-refractivity contribution >= 4 is 0 Å². The highest BCUT2D eigenvalue weighted by atomic mass is 16.3. The summed E-state index contributed by atoms with van der Waals surface area (Å²) in [5.41, 5.74) is 2.62. The van der Waals surface area contributed by atoms with Crippen molar-refractivity contribution in [2.24, 2.45) is 0 Å². The first-order valence-corrected chi connectivity index (χ1v) is 6.15. The quantitative estimate of drug-likeness (QED) is 0.823. The number of rotatable bonds is 4. The molecule has 0 saturated carbocycles. The molecule has 0 saturated heterocycles. The molecule has 0 fully saturated rings. The van der Waals surface area contributed by atoms with E-state index in [1.165, 1.54) is 11.1 Å². The lowest BCUT2D eigenvalue weighted by molar-refractivity contribution is 0.475. The lowest BCUT2D eigenvalue weighted by Gasteiger charge is -2.17. The predicted molar refractivity (Wildman–Crippen MR) is 71.3 cm³/mol. The zero-order valence-electron chi connectivity index (χ0n) is 10.1. The van der Waals surface area contributed by atoms with Gasteiger partial charge in [-0.3, -0.25) is 0 Å². The van der Waals surface area contributed by atoms with E-state index in [1.54, 1.807) is 12.1 Å². The Labute approximate surface area is 103 Å². The van der Waals surface area contributed by atoms with Gasteiger partial charge < -0.3 is 5.11 Å². The Morgan fingerprint density at radius 2 is 1.47 bits per heavy atom. The molecule has 0 aliphatic heterocycles. The smallest absolute Gasteiger partial charge is 0.115 e. The van der Waals surface area contributed by atoms with Crippen LogP contribution in [0.25, 0.3) is 0 Å². The molecule has 0 spiro atoms. The topological polar surface area (TPSA) is 20.2 Å². The molecule has 0 amide bonds. The molecule has 0 heterocycles. The molecule has 0 aromatic heterocycles. The van der Waals surface area contributed by atoms with Crippen LogP contribution in [0.1, 0.15) is 36.8 Å². The molecule has 1 heteroatoms. The van der Waals surface area contributed by atoms with Crippen LogP contribution >= 0.6 is 0 Å². The minimum absolute atomic E-state index is 0.331. The van der Waals surface area contributed by atoms with E-state index in [4.69, 9.17) is 0 Å². The standard InChI is InChI=1S/C16H18O/c1-2-6-16(13-7-4-3-5-8-13)14-9-11-15(17)12-10-14/h3-5,7-12,16-17H,2,6H2,1H3. The Morgan fingerprint density at radius 1 is 0.882 bits per heavy atom. The van der Waals surface area contributed by atoms with Crippen molar-refractivity contribution in [3.05, 3.63) is 65.7 Å². The summed E-state index contributed by atoms with van der Waals surface area (Å²) in [5, 5.41) is 9.34. The fourth-order valence-electron chi connectivity index (χ4n) is 2.21. The minimum Gasteiger partial charge on any atom is -0.508 e. The summed E-state index contributed by atoms with van der Waals surface area (Å²) in [6, 6.07) is 18.1. The summed E-state index contributed by atoms with van der Waals surface area (Å²) < 4.78 is 0. The van der Waals surface area contributed by atoms with Gasteiger partial charge in [-0.25, -0.2) is 0 Å². The van der Waals surface area contributed by atoms with Crippen LogP contribution < -0.4 is 0 Å². The van der Waals surface area contributed by atoms with Gasteiger partial charge in [-0.05, 0) is 29.7 Å². The highest BCUT2D eigenvalue weighted by Crippen LogP contribution is 2.29. The second-order valence-electron chi connectivity index (χ2n) is 4.34. The highest BCUT2D eigenvalue weighted by Gasteiger charge is 2.12. The number of hydrogen-bond donors (Lipinski definition) is 1. The Hall–Kier alpha value is -1.76. The lowest BCUT2D eigenvalue weighted by Crippen LogP contribution is -2.00. The van der Waals surface area contributed by atoms with E-state index in [0.717, 1.165) is 12.8 Å². The highest BCUT2D eigenvalue weighted by molar-refractivity contribution is 5.35. The molecule has 1 atom stereocenters. The van der Waals surface area contributed by atoms with Gasteiger partial charge in [0.15, 0.2) is 0 Å². The van der Waals surface area contributed by atoms with Crippen LogP contribution in [0.15, 0.2) is 54.6 Å². The molecule has 1 unspecified atom stereocenters. The molecule has 2 aromatic rings. The molecule has 88 valence electrons. The maximum absolute atomic E-state index is 9.34. The summed E-state index contributed by atoms with van der Waals surface area (Å²) in [6.07, 6.45) is 2.29. The maximum Gasteiger partial charge on any atom is 0.115 e. The molecule has 17 heavy (non-hydrogen) atoms. The average Bonchev–Trinajstić information content (AvgIpc) is 2.38. The van der Waals surface area contributed by atoms with E-state index in [-0.39, 0.29) is 0 Å². The third-order valence-electron chi connectivity index (χ3n) is 3.07. The first-order chi connectivity index (χ1) is 8.31. The number of benzene rings is 2. The summed E-state index contributed by atoms with van der Waals surface area (Å²) in [4.78, 5) is 0. The van der Waals surface area contributed by atoms with Crippen molar-refractivity contribution in [2.75, 3.05) is 0 Å². The second-order valence-corrected chi connectivity index (χ2v) is 4.34. The molecule has 0 radical (unpaired) electrons. The second kappa shape index (κ2) is 5.53. The van der Waals surface area contributed by atoms with Gasteiger partial charge in [-0.1, -0.05) is 55.8 Å². The molecular weight excluding hydrogens is 208 g/mol. The van der Waals surface area contributed by atoms with Gasteiger partial charge in [0, 0.05) is 5.92 Å². The third-order valence-corrected chi connectivity index (χ3v) is 3.07. The van der Waals surface area contributed by atoms with Crippen LogP contribution in [0.3, 0.4) is 0 Å². The molecule has 0 aliphatic rings. The SMILES string of the molecule is CCCC(c1ccccc1)c1ccc(O)cc1. The zero-order valence-corrected chi connectivity index (χ0v) is 10.1. The van der Waals surface area contributed by atoms with Gasteiger partial charge in [0.05, 0.1) is 0 Å². The van der Waals surface area contributed by atoms with E-state index in [9.17, 15) is 5.11 Å². The van der Waals surface area contributed by atoms with E-state index >= 15 is 0 Å². The first-order valence-electron chi connectivity index (χ1n) is 6.15. The Bertz CT molecular complexity index is 445. The average molecular weight is 226 g/mol. The molecule has 0 aliphatic carbocycles. The van der Waals surface area contributed by atoms with Gasteiger partial charge in [-0.15, -0.1) is 0 Å². The van der Waals surface area contributed by atoms with Crippen molar-refractivity contribution < 1.29 is 5.11 Å². The molecular formula is C16H18O. The Kier molecular flexibility index (Phi) is 3.81. The van der Waals surface area contributed by atoms with E-state index in [0.29, 0.717) is 11.7 Å². The van der Waals surface area contributed by atoms with Gasteiger partial charge in [0.2, 0.25) is 0 Å². The zero-order chi connectivity index (χ0) is 12.1. The molecule has 2 aromatic carbocycles. The van der Waals surface area contributed by atoms with E-state index in [2.05, 4.69) is 31.2 Å². The summed E-state index contributed by atoms with van der Waals surface area (Å²) in [7, 11) is 0. The van der Waals surface area contributed by atoms with E-state index in [1.807, 2.05) is 18.2 Å². The van der Waals surface area contributed by atoms with Crippen LogP contribution in [-0.2, 0) is 0 Å². The largest absolute Gasteiger partial charge is 0.508 e. The number of aromatic hydroxyl groups is 1. The minimum atomic E-state index is 0.331. The van der Waals surface area contributed by atoms with Gasteiger partial charge in [-0.2, -0.15) is 0 Å². The van der Waals surface area contributed by atoms with Crippen LogP contribution in [-0.4, -0.2) is 5.11 Å². The predicted octanol–water partition coefficient (Wildman–Crippen LogP) is 4.32. The summed E-state index contributed by atoms with van der Waals surface area (Å²) in [6.45, 7) is 2.20. The van der Waals surface area contributed by atoms with Gasteiger partial charge >= 0.3 is 0 Å². The summed E-state index contributed by atoms with van der Waals surface area (Å²) >= 11 is 0. The fourth-order valence-corrected chi connectivity index (χ4v) is 2.21. The van der Waals surface area contributed by atoms with Crippen molar-refractivity contribution in [3.63, 3.8) is 0 Å². The first kappa shape index (κ1) is 11.7. The Balaban J connectivity index is 2.32.